The molecular formula is C14H11F2N3O2. The van der Waals surface area contributed by atoms with Crippen molar-refractivity contribution in [1.29, 1.82) is 5.26 Å². The van der Waals surface area contributed by atoms with E-state index in [4.69, 9.17) is 0 Å². The normalized spacial score (nSPS) is 12.0. The first-order chi connectivity index (χ1) is 10.0. The van der Waals surface area contributed by atoms with E-state index in [0.717, 1.165) is 0 Å². The van der Waals surface area contributed by atoms with Crippen molar-refractivity contribution in [2.75, 3.05) is 0 Å². The van der Waals surface area contributed by atoms with E-state index in [0.29, 0.717) is 5.56 Å². The maximum atomic E-state index is 12.2. The minimum Gasteiger partial charge on any atom is -0.435 e. The third-order valence-corrected chi connectivity index (χ3v) is 2.80. The molecule has 0 N–H and O–H groups in total. The number of carbonyl (C=O) groups excluding carboxylic acids is 1. The monoisotopic (exact) mass is 291 g/mol. The molecule has 21 heavy (non-hydrogen) atoms. The molecule has 1 atom stereocenters. The van der Waals surface area contributed by atoms with Crippen molar-refractivity contribution in [2.24, 2.45) is 7.05 Å². The first-order valence-electron chi connectivity index (χ1n) is 5.99. The summed E-state index contributed by atoms with van der Waals surface area (Å²) in [5.74, 6) is -1.52. The molecule has 0 saturated heterocycles. The van der Waals surface area contributed by atoms with Crippen molar-refractivity contribution in [3.8, 4) is 11.8 Å². The van der Waals surface area contributed by atoms with Gasteiger partial charge in [-0.3, -0.25) is 9.48 Å². The minimum atomic E-state index is -2.92. The number of alkyl halides is 2. The molecule has 5 nitrogen and oxygen atoms in total. The van der Waals surface area contributed by atoms with Gasteiger partial charge in [0.25, 0.3) is 0 Å². The van der Waals surface area contributed by atoms with Crippen LogP contribution in [0.2, 0.25) is 0 Å². The average Bonchev–Trinajstić information content (AvgIpc) is 2.87. The summed E-state index contributed by atoms with van der Waals surface area (Å²) in [7, 11) is 1.66. The molecule has 1 heterocycles. The Hall–Kier alpha value is -2.75. The third-order valence-electron chi connectivity index (χ3n) is 2.80. The van der Waals surface area contributed by atoms with Gasteiger partial charge in [-0.1, -0.05) is 12.1 Å². The quantitative estimate of drug-likeness (QED) is 0.794. The van der Waals surface area contributed by atoms with E-state index in [2.05, 4.69) is 9.84 Å². The van der Waals surface area contributed by atoms with Crippen LogP contribution >= 0.6 is 0 Å². The van der Waals surface area contributed by atoms with Crippen LogP contribution in [0.3, 0.4) is 0 Å². The number of nitrogens with zero attached hydrogens (tertiary/aromatic N) is 3. The molecule has 2 rings (SSSR count). The van der Waals surface area contributed by atoms with Gasteiger partial charge < -0.3 is 4.74 Å². The molecule has 7 heteroatoms. The van der Waals surface area contributed by atoms with Crippen molar-refractivity contribution in [1.82, 2.24) is 9.78 Å². The summed E-state index contributed by atoms with van der Waals surface area (Å²) in [4.78, 5) is 12.2. The Labute approximate surface area is 119 Å². The highest BCUT2D eigenvalue weighted by Gasteiger charge is 2.23. The van der Waals surface area contributed by atoms with E-state index in [-0.39, 0.29) is 11.4 Å². The second-order valence-corrected chi connectivity index (χ2v) is 4.25. The maximum absolute atomic E-state index is 12.2. The number of hydrogen-bond donors (Lipinski definition) is 0. The van der Waals surface area contributed by atoms with Crippen molar-refractivity contribution >= 4 is 5.78 Å². The van der Waals surface area contributed by atoms with Gasteiger partial charge >= 0.3 is 6.61 Å². The van der Waals surface area contributed by atoms with Gasteiger partial charge in [0.05, 0.1) is 6.07 Å². The minimum absolute atomic E-state index is 0.0317. The maximum Gasteiger partial charge on any atom is 0.387 e. The van der Waals surface area contributed by atoms with Crippen molar-refractivity contribution in [3.05, 3.63) is 47.8 Å². The van der Waals surface area contributed by atoms with Crippen LogP contribution in [0.1, 0.15) is 22.0 Å². The predicted molar refractivity (Wildman–Crippen MR) is 69.0 cm³/mol. The van der Waals surface area contributed by atoms with Crippen LogP contribution in [0.4, 0.5) is 8.78 Å². The lowest BCUT2D eigenvalue weighted by atomic mass is 9.94. The Morgan fingerprint density at radius 2 is 2.00 bits per heavy atom. The first-order valence-corrected chi connectivity index (χ1v) is 5.99. The average molecular weight is 291 g/mol. The number of aromatic nitrogens is 2. The van der Waals surface area contributed by atoms with Crippen LogP contribution in [-0.2, 0) is 7.05 Å². The van der Waals surface area contributed by atoms with E-state index >= 15 is 0 Å². The van der Waals surface area contributed by atoms with E-state index in [9.17, 15) is 18.8 Å². The molecular weight excluding hydrogens is 280 g/mol. The highest BCUT2D eigenvalue weighted by atomic mass is 19.3. The molecule has 0 aliphatic heterocycles. The second-order valence-electron chi connectivity index (χ2n) is 4.25. The van der Waals surface area contributed by atoms with Crippen LogP contribution in [0.25, 0.3) is 0 Å². The molecule has 0 saturated carbocycles. The highest BCUT2D eigenvalue weighted by Crippen LogP contribution is 2.23. The molecule has 1 unspecified atom stereocenters. The van der Waals surface area contributed by atoms with Gasteiger partial charge in [-0.2, -0.15) is 19.1 Å². The van der Waals surface area contributed by atoms with Gasteiger partial charge in [0.1, 0.15) is 17.4 Å². The molecule has 0 bridgehead atoms. The molecule has 0 amide bonds. The molecule has 0 spiro atoms. The standard InChI is InChI=1S/C14H11F2N3O2/c1-19-7-6-12(18-19)13(20)11(8-17)9-2-4-10(5-3-9)21-14(15)16/h2-7,11,14H,1H3. The van der Waals surface area contributed by atoms with E-state index in [1.54, 1.807) is 13.2 Å². The molecule has 0 radical (unpaired) electrons. The second kappa shape index (κ2) is 6.13. The summed E-state index contributed by atoms with van der Waals surface area (Å²) in [6.45, 7) is -2.92. The highest BCUT2D eigenvalue weighted by molar-refractivity contribution is 6.01. The topological polar surface area (TPSA) is 67.9 Å². The number of rotatable bonds is 5. The van der Waals surface area contributed by atoms with Gasteiger partial charge in [0.15, 0.2) is 0 Å². The Morgan fingerprint density at radius 1 is 1.33 bits per heavy atom. The SMILES string of the molecule is Cn1ccc(C(=O)C(C#N)c2ccc(OC(F)F)cc2)n1. The van der Waals surface area contributed by atoms with E-state index < -0.39 is 18.3 Å². The number of Topliss-reactive ketones (excluding diaryl/α,β-unsaturated/α-hetero) is 1. The predicted octanol–water partition coefficient (Wildman–Crippen LogP) is 2.51. The van der Waals surface area contributed by atoms with E-state index in [1.165, 1.54) is 35.0 Å². The van der Waals surface area contributed by atoms with Crippen LogP contribution in [0, 0.1) is 11.3 Å². The molecule has 0 aliphatic carbocycles. The first kappa shape index (κ1) is 14.7. The smallest absolute Gasteiger partial charge is 0.387 e. The number of hydrogen-bond acceptors (Lipinski definition) is 4. The van der Waals surface area contributed by atoms with Gasteiger partial charge in [-0.15, -0.1) is 0 Å². The molecule has 2 aromatic rings. The fourth-order valence-electron chi connectivity index (χ4n) is 1.82. The van der Waals surface area contributed by atoms with Crippen LogP contribution in [0.15, 0.2) is 36.5 Å². The van der Waals surface area contributed by atoms with Crippen LogP contribution in [-0.4, -0.2) is 22.2 Å². The summed E-state index contributed by atoms with van der Waals surface area (Å²) in [5, 5.41) is 13.1. The Kier molecular flexibility index (Phi) is 4.28. The zero-order valence-electron chi connectivity index (χ0n) is 11.0. The Balaban J connectivity index is 2.21. The Morgan fingerprint density at radius 3 is 2.48 bits per heavy atom. The van der Waals surface area contributed by atoms with Crippen molar-refractivity contribution in [2.45, 2.75) is 12.5 Å². The Bertz CT molecular complexity index is 674. The zero-order chi connectivity index (χ0) is 15.4. The van der Waals surface area contributed by atoms with Crippen LogP contribution in [0.5, 0.6) is 5.75 Å². The number of carbonyl (C=O) groups is 1. The molecule has 108 valence electrons. The van der Waals surface area contributed by atoms with Gasteiger partial charge in [-0.05, 0) is 23.8 Å². The van der Waals surface area contributed by atoms with Gasteiger partial charge in [-0.25, -0.2) is 0 Å². The summed E-state index contributed by atoms with van der Waals surface area (Å²) in [6, 6.07) is 8.81. The largest absolute Gasteiger partial charge is 0.435 e. The van der Waals surface area contributed by atoms with Crippen molar-refractivity contribution < 1.29 is 18.3 Å². The lowest BCUT2D eigenvalue weighted by molar-refractivity contribution is -0.0498. The molecule has 0 aliphatic rings. The number of ether oxygens (including phenoxy) is 1. The third kappa shape index (κ3) is 3.42. The summed E-state index contributed by atoms with van der Waals surface area (Å²) in [5.41, 5.74) is 0.576. The number of halogens is 2. The van der Waals surface area contributed by atoms with Gasteiger partial charge in [0.2, 0.25) is 5.78 Å². The fraction of sp³-hybridized carbons (Fsp3) is 0.214. The number of benzene rings is 1. The lowest BCUT2D eigenvalue weighted by Crippen LogP contribution is -2.12. The number of nitriles is 1. The number of ketones is 1. The molecule has 1 aromatic carbocycles. The molecule has 1 aromatic heterocycles. The number of aryl methyl sites for hydroxylation is 1. The van der Waals surface area contributed by atoms with E-state index in [1.807, 2.05) is 6.07 Å². The summed E-state index contributed by atoms with van der Waals surface area (Å²) >= 11 is 0. The van der Waals surface area contributed by atoms with Gasteiger partial charge in [0, 0.05) is 13.2 Å². The molecule has 0 fully saturated rings. The zero-order valence-corrected chi connectivity index (χ0v) is 11.0. The van der Waals surface area contributed by atoms with Crippen LogP contribution < -0.4 is 4.74 Å². The summed E-state index contributed by atoms with van der Waals surface area (Å²) < 4.78 is 29.8. The lowest BCUT2D eigenvalue weighted by Gasteiger charge is -2.09. The fourth-order valence-corrected chi connectivity index (χ4v) is 1.82. The van der Waals surface area contributed by atoms with Crippen molar-refractivity contribution in [3.63, 3.8) is 0 Å². The summed E-state index contributed by atoms with van der Waals surface area (Å²) in [6.07, 6.45) is 1.60.